The van der Waals surface area contributed by atoms with Crippen molar-refractivity contribution in [1.82, 2.24) is 10.2 Å². The van der Waals surface area contributed by atoms with Crippen molar-refractivity contribution >= 4 is 17.8 Å². The highest BCUT2D eigenvalue weighted by atomic mass is 16.4. The number of aliphatic carboxylic acids is 1. The summed E-state index contributed by atoms with van der Waals surface area (Å²) in [6.45, 7) is 8.23. The average Bonchev–Trinajstić information content (AvgIpc) is 3.16. The highest BCUT2D eigenvalue weighted by Crippen LogP contribution is 2.18. The Balaban J connectivity index is 0.00000326. The Morgan fingerprint density at radius 2 is 1.96 bits per heavy atom. The Labute approximate surface area is 163 Å². The van der Waals surface area contributed by atoms with Crippen molar-refractivity contribution in [2.75, 3.05) is 13.1 Å². The summed E-state index contributed by atoms with van der Waals surface area (Å²) >= 11 is 0. The van der Waals surface area contributed by atoms with E-state index in [0.717, 1.165) is 25.7 Å². The molecule has 2 amide bonds. The zero-order valence-electron chi connectivity index (χ0n) is 17.2. The molecule has 0 aromatic heterocycles. The molecule has 1 aliphatic heterocycles. The van der Waals surface area contributed by atoms with Crippen molar-refractivity contribution in [1.29, 1.82) is 0 Å². The maximum Gasteiger partial charge on any atom is 0.326 e. The molecule has 0 aliphatic carbocycles. The van der Waals surface area contributed by atoms with Gasteiger partial charge < -0.3 is 21.1 Å². The third-order valence-electron chi connectivity index (χ3n) is 4.55. The highest BCUT2D eigenvalue weighted by molar-refractivity contribution is 5.91. The van der Waals surface area contributed by atoms with Crippen LogP contribution in [-0.4, -0.2) is 53.0 Å². The summed E-state index contributed by atoms with van der Waals surface area (Å²) in [6, 6.07) is -1.64. The van der Waals surface area contributed by atoms with Crippen LogP contribution in [0.4, 0.5) is 0 Å². The van der Waals surface area contributed by atoms with E-state index in [1.165, 1.54) is 4.90 Å². The van der Waals surface area contributed by atoms with Crippen molar-refractivity contribution in [3.05, 3.63) is 12.2 Å². The molecule has 4 N–H and O–H groups in total. The number of nitrogens with zero attached hydrogens (tertiary/aromatic N) is 1. The molecule has 0 aromatic carbocycles. The molecule has 0 aromatic rings. The lowest BCUT2D eigenvalue weighted by atomic mass is 10.00. The first kappa shape index (κ1) is 25.1. The van der Waals surface area contributed by atoms with Crippen LogP contribution in [0.25, 0.3) is 0 Å². The molecule has 1 rings (SSSR count). The molecule has 156 valence electrons. The van der Waals surface area contributed by atoms with Gasteiger partial charge in [0.15, 0.2) is 0 Å². The number of unbranched alkanes of at least 4 members (excludes halogenated alkanes) is 3. The minimum Gasteiger partial charge on any atom is -0.480 e. The van der Waals surface area contributed by atoms with Crippen molar-refractivity contribution in [3.8, 4) is 0 Å². The zero-order valence-corrected chi connectivity index (χ0v) is 17.2. The van der Waals surface area contributed by atoms with E-state index in [1.807, 2.05) is 26.0 Å². The number of carboxylic acid groups (broad SMARTS) is 1. The Kier molecular flexibility index (Phi) is 13.2. The van der Waals surface area contributed by atoms with Gasteiger partial charge in [-0.3, -0.25) is 9.59 Å². The topological polar surface area (TPSA) is 113 Å². The summed E-state index contributed by atoms with van der Waals surface area (Å²) < 4.78 is 0. The van der Waals surface area contributed by atoms with Gasteiger partial charge in [-0.2, -0.15) is 0 Å². The van der Waals surface area contributed by atoms with Crippen LogP contribution in [0, 0.1) is 5.92 Å². The van der Waals surface area contributed by atoms with E-state index in [0.29, 0.717) is 19.4 Å². The molecule has 1 heterocycles. The van der Waals surface area contributed by atoms with E-state index in [-0.39, 0.29) is 18.4 Å². The van der Waals surface area contributed by atoms with Gasteiger partial charge in [-0.15, -0.1) is 0 Å². The van der Waals surface area contributed by atoms with Crippen LogP contribution < -0.4 is 11.1 Å². The molecule has 1 aliphatic rings. The quantitative estimate of drug-likeness (QED) is 0.396. The fourth-order valence-corrected chi connectivity index (χ4v) is 3.06. The second-order valence-corrected chi connectivity index (χ2v) is 6.56. The number of hydrogen-bond donors (Lipinski definition) is 3. The molecule has 3 unspecified atom stereocenters. The lowest BCUT2D eigenvalue weighted by Gasteiger charge is -2.26. The summed E-state index contributed by atoms with van der Waals surface area (Å²) in [5.41, 5.74) is 5.38. The van der Waals surface area contributed by atoms with Gasteiger partial charge in [-0.1, -0.05) is 52.7 Å². The number of amides is 2. The Hall–Kier alpha value is -1.89. The summed E-state index contributed by atoms with van der Waals surface area (Å²) in [4.78, 5) is 37.3. The van der Waals surface area contributed by atoms with E-state index in [2.05, 4.69) is 12.2 Å². The van der Waals surface area contributed by atoms with Gasteiger partial charge in [0.25, 0.3) is 0 Å². The second kappa shape index (κ2) is 14.2. The fraction of sp³-hybridized carbons (Fsp3) is 0.750. The highest BCUT2D eigenvalue weighted by Gasteiger charge is 2.36. The molecule has 0 radical (unpaired) electrons. The lowest BCUT2D eigenvalue weighted by molar-refractivity contribution is -0.144. The third kappa shape index (κ3) is 8.56. The molecule has 27 heavy (non-hydrogen) atoms. The van der Waals surface area contributed by atoms with Gasteiger partial charge in [-0.05, 0) is 25.7 Å². The van der Waals surface area contributed by atoms with E-state index in [4.69, 9.17) is 5.73 Å². The predicted molar refractivity (Wildman–Crippen MR) is 107 cm³/mol. The minimum absolute atomic E-state index is 0.150. The van der Waals surface area contributed by atoms with Crippen molar-refractivity contribution in [2.24, 2.45) is 11.7 Å². The van der Waals surface area contributed by atoms with Gasteiger partial charge in [0.05, 0.1) is 6.54 Å². The monoisotopic (exact) mass is 383 g/mol. The number of allylic oxidation sites excluding steroid dienone is 1. The number of carboxylic acids is 1. The minimum atomic E-state index is -1.08. The first-order chi connectivity index (χ1) is 12.9. The van der Waals surface area contributed by atoms with Gasteiger partial charge in [-0.25, -0.2) is 4.79 Å². The first-order valence-electron chi connectivity index (χ1n) is 10.1. The van der Waals surface area contributed by atoms with Crippen molar-refractivity contribution in [3.63, 3.8) is 0 Å². The molecule has 7 nitrogen and oxygen atoms in total. The summed E-state index contributed by atoms with van der Waals surface area (Å²) in [5.74, 6) is -2.11. The van der Waals surface area contributed by atoms with Gasteiger partial charge in [0.2, 0.25) is 11.8 Å². The number of carbonyl (C=O) groups excluding carboxylic acids is 2. The Morgan fingerprint density at radius 1 is 1.30 bits per heavy atom. The molecule has 3 atom stereocenters. The molecule has 0 bridgehead atoms. The third-order valence-corrected chi connectivity index (χ3v) is 4.55. The molecule has 0 saturated carbocycles. The maximum absolute atomic E-state index is 12.5. The molecule has 0 spiro atoms. The van der Waals surface area contributed by atoms with Crippen LogP contribution in [0.1, 0.15) is 66.2 Å². The zero-order chi connectivity index (χ0) is 20.8. The fourth-order valence-electron chi connectivity index (χ4n) is 3.06. The molecule has 7 heteroatoms. The summed E-state index contributed by atoms with van der Waals surface area (Å²) in [5, 5.41) is 12.0. The lowest BCUT2D eigenvalue weighted by Crippen LogP contribution is -2.53. The summed E-state index contributed by atoms with van der Waals surface area (Å²) in [7, 11) is 0. The summed E-state index contributed by atoms with van der Waals surface area (Å²) in [6.07, 6.45) is 9.32. The number of nitrogens with two attached hydrogens (primary N) is 1. The molecule has 1 saturated heterocycles. The van der Waals surface area contributed by atoms with E-state index < -0.39 is 24.0 Å². The van der Waals surface area contributed by atoms with Crippen LogP contribution in [0.15, 0.2) is 12.2 Å². The number of carbonyl (C=O) groups is 3. The number of likely N-dealkylation sites (tertiary alicyclic amines) is 1. The molecular weight excluding hydrogens is 346 g/mol. The van der Waals surface area contributed by atoms with E-state index >= 15 is 0 Å². The van der Waals surface area contributed by atoms with Gasteiger partial charge in [0, 0.05) is 12.5 Å². The second-order valence-electron chi connectivity index (χ2n) is 6.56. The smallest absolute Gasteiger partial charge is 0.326 e. The predicted octanol–water partition coefficient (Wildman–Crippen LogP) is 2.30. The van der Waals surface area contributed by atoms with Crippen LogP contribution >= 0.6 is 0 Å². The van der Waals surface area contributed by atoms with Crippen LogP contribution in [0.5, 0.6) is 0 Å². The van der Waals surface area contributed by atoms with Crippen LogP contribution in [-0.2, 0) is 14.4 Å². The number of hydrogen-bond acceptors (Lipinski definition) is 4. The normalized spacial score (nSPS) is 18.6. The standard InChI is InChI=1S/C18H31N3O4.C2H6/c1-3-4-5-6-7-9-13(2)16(18(24)25)20-17(23)14-10-8-11-21(14)15(22)12-19;1-2/h7,9,13-14,16H,3-6,8,10-12,19H2,1-2H3,(H,20,23)(H,24,25);1-2H3/b9-7-;. The largest absolute Gasteiger partial charge is 0.480 e. The molecular formula is C20H37N3O4. The Morgan fingerprint density at radius 3 is 2.52 bits per heavy atom. The SMILES string of the molecule is CC.CCCCC/C=C\C(C)C(NC(=O)C1CCCN1C(=O)CN)C(=O)O. The Bertz CT molecular complexity index is 494. The first-order valence-corrected chi connectivity index (χ1v) is 10.1. The average molecular weight is 384 g/mol. The number of rotatable bonds is 10. The van der Waals surface area contributed by atoms with Crippen LogP contribution in [0.2, 0.25) is 0 Å². The van der Waals surface area contributed by atoms with Crippen molar-refractivity contribution in [2.45, 2.75) is 78.3 Å². The van der Waals surface area contributed by atoms with Gasteiger partial charge in [0.1, 0.15) is 12.1 Å². The maximum atomic E-state index is 12.5. The number of nitrogens with one attached hydrogen (secondary N) is 1. The van der Waals surface area contributed by atoms with Crippen LogP contribution in [0.3, 0.4) is 0 Å². The van der Waals surface area contributed by atoms with Crippen molar-refractivity contribution < 1.29 is 19.5 Å². The van der Waals surface area contributed by atoms with E-state index in [9.17, 15) is 19.5 Å². The van der Waals surface area contributed by atoms with Gasteiger partial charge >= 0.3 is 5.97 Å². The van der Waals surface area contributed by atoms with E-state index in [1.54, 1.807) is 6.92 Å². The molecule has 1 fully saturated rings.